The molecule has 4 aromatic rings. The van der Waals surface area contributed by atoms with E-state index in [2.05, 4.69) is 142 Å². The van der Waals surface area contributed by atoms with Crippen molar-refractivity contribution in [3.63, 3.8) is 0 Å². The van der Waals surface area contributed by atoms with Gasteiger partial charge in [-0.25, -0.2) is 0 Å². The van der Waals surface area contributed by atoms with Crippen LogP contribution in [-0.2, 0) is 18.2 Å². The minimum absolute atomic E-state index is 0.746. The van der Waals surface area contributed by atoms with E-state index in [0.29, 0.717) is 0 Å². The number of fused-ring (bicyclic) bond motifs is 2. The number of benzene rings is 2. The zero-order valence-corrected chi connectivity index (χ0v) is 28.8. The van der Waals surface area contributed by atoms with Crippen LogP contribution in [0.2, 0.25) is 0 Å². The number of quaternary nitrogens is 2. The highest BCUT2D eigenvalue weighted by Crippen LogP contribution is 2.21. The van der Waals surface area contributed by atoms with Crippen molar-refractivity contribution in [2.24, 2.45) is 7.05 Å². The van der Waals surface area contributed by atoms with Crippen LogP contribution < -0.4 is 24.5 Å². The molecule has 0 saturated heterocycles. The Morgan fingerprint density at radius 3 is 2.11 bits per heavy atom. The first-order valence-electron chi connectivity index (χ1n) is 15.8. The molecule has 2 heterocycles. The third-order valence-electron chi connectivity index (χ3n) is 8.35. The van der Waals surface area contributed by atoms with Crippen LogP contribution in [0.5, 0.6) is 0 Å². The molecule has 1 aliphatic rings. The van der Waals surface area contributed by atoms with Crippen LogP contribution in [0.3, 0.4) is 0 Å². The first-order valence-corrected chi connectivity index (χ1v) is 16.6. The van der Waals surface area contributed by atoms with Gasteiger partial charge < -0.3 is 13.7 Å². The lowest BCUT2D eigenvalue weighted by Gasteiger charge is -2.28. The smallest absolute Gasteiger partial charge is 0.282 e. The van der Waals surface area contributed by atoms with Gasteiger partial charge >= 0.3 is 0 Å². The zero-order chi connectivity index (χ0) is 31.5. The Labute approximate surface area is 267 Å². The van der Waals surface area contributed by atoms with Crippen LogP contribution in [0.1, 0.15) is 23.5 Å². The Bertz CT molecular complexity index is 1740. The second kappa shape index (κ2) is 13.2. The normalized spacial score (nSPS) is 13.9. The minimum Gasteiger partial charge on any atom is -0.501 e. The second-order valence-corrected chi connectivity index (χ2v) is 15.1. The van der Waals surface area contributed by atoms with E-state index in [0.717, 1.165) is 60.2 Å². The lowest BCUT2D eigenvalue weighted by molar-refractivity contribution is -0.870. The molecule has 0 atom stereocenters. The number of anilines is 1. The number of methoxy groups -OCH3 is 1. The molecule has 2 aromatic heterocycles. The summed E-state index contributed by atoms with van der Waals surface area (Å²) < 4.78 is 13.9. The average molecular weight is 614 g/mol. The standard InChI is InChI=1S/C37H51N5OS/c1-38-33-18-12-13-19-35(33)44-37(38)27-29-26-36(39(22-14-24-41(2,3)4)23-15-25-42(5,6)7)40(30-16-10-9-11-17-30)34-28-31(43-8)20-21-32(29)34/h9-13,16-21,26-27H,14-15,22-25,28H2,1-8H3/q+4. The monoisotopic (exact) mass is 613 g/mol. The third-order valence-corrected chi connectivity index (χ3v) is 9.51. The molecule has 6 nitrogen and oxygen atoms in total. The number of thiazole rings is 1. The summed E-state index contributed by atoms with van der Waals surface area (Å²) in [5.41, 5.74) is 3.72. The van der Waals surface area contributed by atoms with Crippen LogP contribution in [0.25, 0.3) is 28.1 Å². The SMILES string of the molecule is COC1=CC=c2c([n+](-c3ccccc3)c(N(CCC[N+](C)(C)C)CCC[N+](C)(C)C)cc2=Cc2sc3ccccc3[n+]2C)C1. The van der Waals surface area contributed by atoms with E-state index in [1.165, 1.54) is 42.9 Å². The van der Waals surface area contributed by atoms with Gasteiger partial charge in [0.15, 0.2) is 0 Å². The Morgan fingerprint density at radius 2 is 1.50 bits per heavy atom. The van der Waals surface area contributed by atoms with Crippen molar-refractivity contribution in [2.45, 2.75) is 19.3 Å². The summed E-state index contributed by atoms with van der Waals surface area (Å²) in [6.45, 7) is 4.27. The fraction of sp³-hybridized carbons (Fsp3) is 0.405. The number of hydrogen-bond donors (Lipinski definition) is 0. The molecule has 0 spiro atoms. The first-order chi connectivity index (χ1) is 20.9. The average Bonchev–Trinajstić information content (AvgIpc) is 3.29. The van der Waals surface area contributed by atoms with Gasteiger partial charge in [-0.05, 0) is 30.4 Å². The van der Waals surface area contributed by atoms with E-state index in [1.54, 1.807) is 7.11 Å². The maximum atomic E-state index is 5.85. The summed E-state index contributed by atoms with van der Waals surface area (Å²) >= 11 is 1.85. The Balaban J connectivity index is 1.75. The predicted octanol–water partition coefficient (Wildman–Crippen LogP) is 3.70. The maximum absolute atomic E-state index is 5.85. The Morgan fingerprint density at radius 1 is 0.864 bits per heavy atom. The van der Waals surface area contributed by atoms with Crippen molar-refractivity contribution in [1.29, 1.82) is 0 Å². The molecule has 0 amide bonds. The van der Waals surface area contributed by atoms with E-state index in [1.807, 2.05) is 11.3 Å². The van der Waals surface area contributed by atoms with Crippen molar-refractivity contribution in [3.05, 3.63) is 93.6 Å². The Hall–Kier alpha value is -3.52. The molecule has 0 fully saturated rings. The minimum atomic E-state index is 0.746. The molecule has 0 unspecified atom stereocenters. The van der Waals surface area contributed by atoms with Crippen molar-refractivity contribution in [1.82, 2.24) is 0 Å². The summed E-state index contributed by atoms with van der Waals surface area (Å²) in [6.07, 6.45) is 9.77. The Kier molecular flexibility index (Phi) is 9.59. The summed E-state index contributed by atoms with van der Waals surface area (Å²) in [5.74, 6) is 2.23. The van der Waals surface area contributed by atoms with Crippen molar-refractivity contribution in [3.8, 4) is 5.69 Å². The molecule has 0 N–H and O–H groups in total. The number of nitrogens with zero attached hydrogens (tertiary/aromatic N) is 5. The third kappa shape index (κ3) is 7.57. The van der Waals surface area contributed by atoms with Crippen molar-refractivity contribution < 1.29 is 22.8 Å². The number of hydrogen-bond acceptors (Lipinski definition) is 3. The van der Waals surface area contributed by atoms with Gasteiger partial charge in [0.2, 0.25) is 5.52 Å². The van der Waals surface area contributed by atoms with Crippen LogP contribution in [0.4, 0.5) is 5.82 Å². The van der Waals surface area contributed by atoms with Crippen LogP contribution in [0, 0.1) is 0 Å². The number of rotatable bonds is 12. The zero-order valence-electron chi connectivity index (χ0n) is 28.0. The highest BCUT2D eigenvalue weighted by molar-refractivity contribution is 7.18. The number of aromatic nitrogens is 2. The number of pyridine rings is 1. The highest BCUT2D eigenvalue weighted by atomic mass is 32.1. The van der Waals surface area contributed by atoms with Crippen LogP contribution >= 0.6 is 11.3 Å². The van der Waals surface area contributed by atoms with Gasteiger partial charge in [0.05, 0.1) is 82.0 Å². The lowest BCUT2D eigenvalue weighted by Crippen LogP contribution is -2.53. The maximum Gasteiger partial charge on any atom is 0.282 e. The quantitative estimate of drug-likeness (QED) is 0.180. The summed E-state index contributed by atoms with van der Waals surface area (Å²) in [4.78, 5) is 2.64. The van der Waals surface area contributed by atoms with Gasteiger partial charge in [0.1, 0.15) is 28.9 Å². The molecule has 1 aliphatic carbocycles. The van der Waals surface area contributed by atoms with E-state index in [-0.39, 0.29) is 0 Å². The topological polar surface area (TPSA) is 20.2 Å². The van der Waals surface area contributed by atoms with Gasteiger partial charge in [-0.2, -0.15) is 9.13 Å². The van der Waals surface area contributed by atoms with Gasteiger partial charge in [-0.3, -0.25) is 4.90 Å². The number of para-hydroxylation sites is 2. The van der Waals surface area contributed by atoms with Gasteiger partial charge in [-0.15, -0.1) is 0 Å². The molecule has 0 saturated carbocycles. The van der Waals surface area contributed by atoms with Crippen molar-refractivity contribution >= 4 is 39.5 Å². The van der Waals surface area contributed by atoms with E-state index < -0.39 is 0 Å². The molecular weight excluding hydrogens is 563 g/mol. The van der Waals surface area contributed by atoms with Gasteiger partial charge in [0.25, 0.3) is 10.8 Å². The van der Waals surface area contributed by atoms with Crippen LogP contribution in [0.15, 0.2) is 72.5 Å². The summed E-state index contributed by atoms with van der Waals surface area (Å²) in [6, 6.07) is 22.0. The lowest BCUT2D eigenvalue weighted by atomic mass is 10.0. The molecule has 0 radical (unpaired) electrons. The first kappa shape index (κ1) is 31.9. The number of ether oxygens (including phenoxy) is 1. The molecule has 5 rings (SSSR count). The molecule has 232 valence electrons. The highest BCUT2D eigenvalue weighted by Gasteiger charge is 2.28. The molecule has 0 bridgehead atoms. The summed E-state index contributed by atoms with van der Waals surface area (Å²) in [5, 5.41) is 3.75. The second-order valence-electron chi connectivity index (χ2n) is 14.0. The van der Waals surface area contributed by atoms with Crippen LogP contribution in [-0.4, -0.2) is 84.5 Å². The van der Waals surface area contributed by atoms with Gasteiger partial charge in [-0.1, -0.05) is 41.7 Å². The molecule has 2 aromatic carbocycles. The molecule has 0 aliphatic heterocycles. The predicted molar refractivity (Wildman–Crippen MR) is 184 cm³/mol. The largest absolute Gasteiger partial charge is 0.501 e. The van der Waals surface area contributed by atoms with E-state index >= 15 is 0 Å². The summed E-state index contributed by atoms with van der Waals surface area (Å²) in [7, 11) is 17.7. The fourth-order valence-electron chi connectivity index (χ4n) is 6.02. The van der Waals surface area contributed by atoms with Gasteiger partial charge in [0, 0.05) is 41.5 Å². The van der Waals surface area contributed by atoms with E-state index in [9.17, 15) is 0 Å². The van der Waals surface area contributed by atoms with Crippen molar-refractivity contribution in [2.75, 3.05) is 80.5 Å². The number of aryl methyl sites for hydroxylation is 1. The molecule has 44 heavy (non-hydrogen) atoms. The molecular formula is C37H51N5OS+4. The van der Waals surface area contributed by atoms with E-state index in [4.69, 9.17) is 4.74 Å². The fourth-order valence-corrected chi connectivity index (χ4v) is 7.13. The molecule has 7 heteroatoms. The number of allylic oxidation sites excluding steroid dienone is 2.